The molecule has 0 spiro atoms. The van der Waals surface area contributed by atoms with E-state index in [1.54, 1.807) is 24.3 Å². The molecule has 3 heteroatoms. The summed E-state index contributed by atoms with van der Waals surface area (Å²) in [6.45, 7) is 1.91. The van der Waals surface area contributed by atoms with Gasteiger partial charge in [-0.25, -0.2) is 4.79 Å². The highest BCUT2D eigenvalue weighted by Crippen LogP contribution is 2.06. The fourth-order valence-electron chi connectivity index (χ4n) is 0.975. The average molecular weight is 178 g/mol. The summed E-state index contributed by atoms with van der Waals surface area (Å²) in [5.74, 6) is -0.743. The van der Waals surface area contributed by atoms with Crippen molar-refractivity contribution >= 4 is 12.0 Å². The molecule has 0 aliphatic carbocycles. The molecule has 0 fully saturated rings. The maximum absolute atomic E-state index is 10.8. The van der Waals surface area contributed by atoms with Crippen LogP contribution in [0.4, 0.5) is 0 Å². The summed E-state index contributed by atoms with van der Waals surface area (Å²) in [5.41, 5.74) is 1.33. The summed E-state index contributed by atoms with van der Waals surface area (Å²) in [4.78, 5) is 14.4. The summed E-state index contributed by atoms with van der Waals surface area (Å²) in [7, 11) is 0. The van der Waals surface area contributed by atoms with Gasteiger partial charge >= 0.3 is 5.97 Å². The molecule has 0 heterocycles. The van der Waals surface area contributed by atoms with Crippen molar-refractivity contribution in [1.82, 2.24) is 0 Å². The first-order chi connectivity index (χ1) is 6.27. The molecule has 1 N–H and O–H groups in total. The van der Waals surface area contributed by atoms with E-state index in [0.29, 0.717) is 5.56 Å². The second-order valence-corrected chi connectivity index (χ2v) is 2.50. The Morgan fingerprint density at radius 1 is 1.38 bits per heavy atom. The predicted octanol–water partition coefficient (Wildman–Crippen LogP) is 2.35. The average Bonchev–Trinajstić information content (AvgIpc) is 2.18. The van der Waals surface area contributed by atoms with Gasteiger partial charge in [-0.1, -0.05) is 24.3 Å². The van der Waals surface area contributed by atoms with Crippen LogP contribution >= 0.6 is 0 Å². The van der Waals surface area contributed by atoms with E-state index in [9.17, 15) is 4.79 Å². The Morgan fingerprint density at radius 2 is 2.00 bits per heavy atom. The normalized spacial score (nSPS) is 10.3. The van der Waals surface area contributed by atoms with Crippen molar-refractivity contribution in [2.24, 2.45) is 0 Å². The minimum Gasteiger partial charge on any atom is -0.296 e. The number of benzene rings is 1. The molecule has 3 nitrogen and oxygen atoms in total. The summed E-state index contributed by atoms with van der Waals surface area (Å²) in [6, 6.07) is 6.72. The van der Waals surface area contributed by atoms with Crippen LogP contribution in [0.2, 0.25) is 0 Å². The molecule has 0 aromatic heterocycles. The van der Waals surface area contributed by atoms with Gasteiger partial charge in [0.2, 0.25) is 0 Å². The molecule has 1 aromatic rings. The van der Waals surface area contributed by atoms with E-state index in [0.717, 1.165) is 5.56 Å². The third-order valence-corrected chi connectivity index (χ3v) is 1.59. The van der Waals surface area contributed by atoms with E-state index < -0.39 is 5.97 Å². The lowest BCUT2D eigenvalue weighted by atomic mass is 10.1. The highest BCUT2D eigenvalue weighted by atomic mass is 17.1. The lowest BCUT2D eigenvalue weighted by Crippen LogP contribution is -2.00. The molecule has 13 heavy (non-hydrogen) atoms. The smallest absolute Gasteiger partial charge is 0.296 e. The number of rotatable bonds is 2. The largest absolute Gasteiger partial charge is 0.372 e. The van der Waals surface area contributed by atoms with Gasteiger partial charge in [0.25, 0.3) is 0 Å². The topological polar surface area (TPSA) is 46.5 Å². The van der Waals surface area contributed by atoms with Crippen LogP contribution in [0.5, 0.6) is 0 Å². The van der Waals surface area contributed by atoms with Crippen LogP contribution in [0.3, 0.4) is 0 Å². The molecule has 0 radical (unpaired) electrons. The first-order valence-electron chi connectivity index (χ1n) is 3.86. The van der Waals surface area contributed by atoms with Crippen LogP contribution in [0.25, 0.3) is 6.08 Å². The monoisotopic (exact) mass is 178 g/mol. The highest BCUT2D eigenvalue weighted by molar-refractivity contribution is 5.89. The Hall–Kier alpha value is -1.61. The van der Waals surface area contributed by atoms with Gasteiger partial charge in [0.05, 0.1) is 5.56 Å². The van der Waals surface area contributed by atoms with E-state index in [-0.39, 0.29) is 0 Å². The lowest BCUT2D eigenvalue weighted by molar-refractivity contribution is -0.182. The van der Waals surface area contributed by atoms with Crippen molar-refractivity contribution in [2.45, 2.75) is 6.92 Å². The van der Waals surface area contributed by atoms with Crippen LogP contribution in [0.15, 0.2) is 30.3 Å². The molecule has 0 bridgehead atoms. The van der Waals surface area contributed by atoms with Crippen molar-refractivity contribution in [3.8, 4) is 0 Å². The molecule has 0 atom stereocenters. The van der Waals surface area contributed by atoms with Gasteiger partial charge in [0, 0.05) is 0 Å². The molecule has 0 aliphatic heterocycles. The maximum Gasteiger partial charge on any atom is 0.372 e. The molecule has 1 aromatic carbocycles. The van der Waals surface area contributed by atoms with Gasteiger partial charge in [-0.15, -0.1) is 0 Å². The SMILES string of the molecule is C/C=C/c1ccc(C(=O)OO)cc1. The number of hydrogen-bond acceptors (Lipinski definition) is 3. The fourth-order valence-corrected chi connectivity index (χ4v) is 0.975. The molecule has 1 rings (SSSR count). The number of hydrogen-bond donors (Lipinski definition) is 1. The van der Waals surface area contributed by atoms with E-state index in [1.807, 2.05) is 19.1 Å². The Morgan fingerprint density at radius 3 is 2.46 bits per heavy atom. The van der Waals surface area contributed by atoms with Gasteiger partial charge in [0.1, 0.15) is 0 Å². The van der Waals surface area contributed by atoms with Crippen molar-refractivity contribution in [3.63, 3.8) is 0 Å². The third kappa shape index (κ3) is 2.42. The molecule has 0 saturated heterocycles. The first-order valence-corrected chi connectivity index (χ1v) is 3.86. The Balaban J connectivity index is 2.87. The van der Waals surface area contributed by atoms with Crippen LogP contribution in [0.1, 0.15) is 22.8 Å². The standard InChI is InChI=1S/C10H10O3/c1-2-3-8-4-6-9(7-5-8)10(11)13-12/h2-7,12H,1H3/b3-2+. The summed E-state index contributed by atoms with van der Waals surface area (Å²) in [5, 5.41) is 8.10. The maximum atomic E-state index is 10.8. The van der Waals surface area contributed by atoms with Crippen LogP contribution in [-0.2, 0) is 4.89 Å². The van der Waals surface area contributed by atoms with Crippen molar-refractivity contribution in [1.29, 1.82) is 0 Å². The number of carbonyl (C=O) groups is 1. The molecule has 0 aliphatic rings. The molecular weight excluding hydrogens is 168 g/mol. The zero-order valence-corrected chi connectivity index (χ0v) is 7.23. The molecule has 0 unspecified atom stereocenters. The Labute approximate surface area is 76.2 Å². The molecular formula is C10H10O3. The lowest BCUT2D eigenvalue weighted by Gasteiger charge is -1.96. The minimum absolute atomic E-state index is 0.329. The minimum atomic E-state index is -0.743. The molecule has 0 amide bonds. The van der Waals surface area contributed by atoms with Gasteiger partial charge < -0.3 is 0 Å². The first kappa shape index (κ1) is 9.48. The van der Waals surface area contributed by atoms with Gasteiger partial charge in [-0.3, -0.25) is 4.89 Å². The zero-order chi connectivity index (χ0) is 9.68. The number of carbonyl (C=O) groups excluding carboxylic acids is 1. The zero-order valence-electron chi connectivity index (χ0n) is 7.23. The quantitative estimate of drug-likeness (QED) is 0.558. The summed E-state index contributed by atoms with van der Waals surface area (Å²) >= 11 is 0. The van der Waals surface area contributed by atoms with E-state index in [4.69, 9.17) is 5.26 Å². The van der Waals surface area contributed by atoms with Crippen LogP contribution < -0.4 is 0 Å². The van der Waals surface area contributed by atoms with Crippen LogP contribution in [0, 0.1) is 0 Å². The van der Waals surface area contributed by atoms with E-state index >= 15 is 0 Å². The van der Waals surface area contributed by atoms with Crippen molar-refractivity contribution in [2.75, 3.05) is 0 Å². The van der Waals surface area contributed by atoms with E-state index in [1.165, 1.54) is 0 Å². The van der Waals surface area contributed by atoms with Gasteiger partial charge in [-0.05, 0) is 24.6 Å². The second kappa shape index (κ2) is 4.42. The molecule has 0 saturated carbocycles. The Kier molecular flexibility index (Phi) is 3.23. The Bertz CT molecular complexity index is 311. The van der Waals surface area contributed by atoms with Gasteiger partial charge in [-0.2, -0.15) is 5.26 Å². The number of allylic oxidation sites excluding steroid dienone is 1. The predicted molar refractivity (Wildman–Crippen MR) is 49.2 cm³/mol. The highest BCUT2D eigenvalue weighted by Gasteiger charge is 2.04. The second-order valence-electron chi connectivity index (χ2n) is 2.50. The fraction of sp³-hybridized carbons (Fsp3) is 0.100. The van der Waals surface area contributed by atoms with Gasteiger partial charge in [0.15, 0.2) is 0 Å². The summed E-state index contributed by atoms with van der Waals surface area (Å²) in [6.07, 6.45) is 3.81. The van der Waals surface area contributed by atoms with Crippen molar-refractivity contribution < 1.29 is 14.9 Å². The third-order valence-electron chi connectivity index (χ3n) is 1.59. The van der Waals surface area contributed by atoms with Crippen molar-refractivity contribution in [3.05, 3.63) is 41.5 Å². The van der Waals surface area contributed by atoms with Crippen LogP contribution in [-0.4, -0.2) is 11.2 Å². The van der Waals surface area contributed by atoms with E-state index in [2.05, 4.69) is 4.89 Å². The molecule has 68 valence electrons. The summed E-state index contributed by atoms with van der Waals surface area (Å²) < 4.78 is 0.